The molecule has 4 nitrogen and oxygen atoms in total. The summed E-state index contributed by atoms with van der Waals surface area (Å²) >= 11 is 0. The zero-order valence-electron chi connectivity index (χ0n) is 12.3. The topological polar surface area (TPSA) is 63.6 Å². The fraction of sp³-hybridized carbons (Fsp3) is 0.625. The fourth-order valence-electron chi connectivity index (χ4n) is 3.34. The van der Waals surface area contributed by atoms with Gasteiger partial charge in [-0.3, -0.25) is 9.59 Å². The van der Waals surface area contributed by atoms with Gasteiger partial charge in [0.25, 0.3) is 0 Å². The molecule has 0 aromatic rings. The van der Waals surface area contributed by atoms with Gasteiger partial charge in [0.15, 0.2) is 11.9 Å². The molecule has 0 heterocycles. The second-order valence-corrected chi connectivity index (χ2v) is 6.10. The van der Waals surface area contributed by atoms with Gasteiger partial charge in [-0.15, -0.1) is 0 Å². The highest BCUT2D eigenvalue weighted by molar-refractivity contribution is 5.97. The third kappa shape index (κ3) is 2.44. The predicted molar refractivity (Wildman–Crippen MR) is 74.9 cm³/mol. The summed E-state index contributed by atoms with van der Waals surface area (Å²) in [6.07, 6.45) is 2.73. The Hall–Kier alpha value is -1.42. The lowest BCUT2D eigenvalue weighted by molar-refractivity contribution is -0.163. The molecular weight excluding hydrogens is 256 g/mol. The lowest BCUT2D eigenvalue weighted by atomic mass is 9.63. The van der Waals surface area contributed by atoms with Gasteiger partial charge in [0.2, 0.25) is 0 Å². The van der Waals surface area contributed by atoms with E-state index in [1.54, 1.807) is 6.92 Å². The number of aliphatic hydroxyl groups is 1. The molecule has 1 fully saturated rings. The first-order chi connectivity index (χ1) is 9.25. The average Bonchev–Trinajstić information content (AvgIpc) is 2.35. The molecule has 1 saturated carbocycles. The van der Waals surface area contributed by atoms with Gasteiger partial charge in [-0.25, -0.2) is 0 Å². The second-order valence-electron chi connectivity index (χ2n) is 6.10. The molecule has 2 rings (SSSR count). The maximum absolute atomic E-state index is 12.1. The maximum Gasteiger partial charge on any atom is 0.303 e. The monoisotopic (exact) mass is 278 g/mol. The highest BCUT2D eigenvalue weighted by atomic mass is 16.5. The van der Waals surface area contributed by atoms with E-state index in [4.69, 9.17) is 4.74 Å². The van der Waals surface area contributed by atoms with E-state index in [0.717, 1.165) is 17.6 Å². The first kappa shape index (κ1) is 15.0. The molecule has 0 unspecified atom stereocenters. The van der Waals surface area contributed by atoms with Crippen molar-refractivity contribution in [3.8, 4) is 0 Å². The molecule has 0 aromatic heterocycles. The molecule has 4 atom stereocenters. The quantitative estimate of drug-likeness (QED) is 0.621. The van der Waals surface area contributed by atoms with Crippen LogP contribution in [0.3, 0.4) is 0 Å². The van der Waals surface area contributed by atoms with Crippen molar-refractivity contribution in [3.63, 3.8) is 0 Å². The summed E-state index contributed by atoms with van der Waals surface area (Å²) in [7, 11) is 0. The molecule has 0 aliphatic heterocycles. The van der Waals surface area contributed by atoms with Crippen molar-refractivity contribution in [2.24, 2.45) is 11.8 Å². The van der Waals surface area contributed by atoms with Crippen LogP contribution in [0.25, 0.3) is 0 Å². The van der Waals surface area contributed by atoms with Gasteiger partial charge in [0.05, 0.1) is 5.60 Å². The number of esters is 1. The number of fused-ring (bicyclic) bond motifs is 1. The van der Waals surface area contributed by atoms with Gasteiger partial charge >= 0.3 is 5.97 Å². The van der Waals surface area contributed by atoms with Gasteiger partial charge in [-0.05, 0) is 43.8 Å². The molecular formula is C16H22O4. The summed E-state index contributed by atoms with van der Waals surface area (Å²) in [5.41, 5.74) is 0.747. The smallest absolute Gasteiger partial charge is 0.303 e. The summed E-state index contributed by atoms with van der Waals surface area (Å²) in [6, 6.07) is 0. The van der Waals surface area contributed by atoms with Crippen molar-refractivity contribution in [3.05, 3.63) is 23.8 Å². The van der Waals surface area contributed by atoms with Crippen molar-refractivity contribution < 1.29 is 19.4 Å². The molecule has 1 N–H and O–H groups in total. The molecule has 110 valence electrons. The zero-order valence-corrected chi connectivity index (χ0v) is 12.3. The van der Waals surface area contributed by atoms with Gasteiger partial charge < -0.3 is 9.84 Å². The van der Waals surface area contributed by atoms with Crippen molar-refractivity contribution >= 4 is 11.8 Å². The molecule has 2 aliphatic carbocycles. The van der Waals surface area contributed by atoms with Crippen LogP contribution < -0.4 is 0 Å². The summed E-state index contributed by atoms with van der Waals surface area (Å²) in [5.74, 6) is -0.907. The van der Waals surface area contributed by atoms with E-state index < -0.39 is 23.6 Å². The minimum atomic E-state index is -1.07. The SMILES string of the molecule is C=C(C)[C@@H]1CCC2=CC(=O)[C@H](OC(C)=O)[C@@H](C)[C@]2(O)C1. The van der Waals surface area contributed by atoms with Crippen LogP contribution in [0.15, 0.2) is 23.8 Å². The van der Waals surface area contributed by atoms with E-state index in [2.05, 4.69) is 6.58 Å². The average molecular weight is 278 g/mol. The number of ether oxygens (including phenoxy) is 1. The van der Waals surface area contributed by atoms with Crippen LogP contribution in [0.4, 0.5) is 0 Å². The first-order valence-corrected chi connectivity index (χ1v) is 7.05. The van der Waals surface area contributed by atoms with Crippen molar-refractivity contribution in [2.75, 3.05) is 0 Å². The Morgan fingerprint density at radius 3 is 2.70 bits per heavy atom. The van der Waals surface area contributed by atoms with Gasteiger partial charge in [0, 0.05) is 12.8 Å². The molecule has 4 heteroatoms. The van der Waals surface area contributed by atoms with Crippen molar-refractivity contribution in [2.45, 2.75) is 51.7 Å². The minimum Gasteiger partial charge on any atom is -0.454 e. The first-order valence-electron chi connectivity index (χ1n) is 7.05. The number of allylic oxidation sites excluding steroid dienone is 1. The van der Waals surface area contributed by atoms with E-state index in [9.17, 15) is 14.7 Å². The third-order valence-electron chi connectivity index (χ3n) is 4.67. The maximum atomic E-state index is 12.1. The van der Waals surface area contributed by atoms with Crippen molar-refractivity contribution in [1.82, 2.24) is 0 Å². The summed E-state index contributed by atoms with van der Waals surface area (Å²) in [4.78, 5) is 23.2. The highest BCUT2D eigenvalue weighted by Crippen LogP contribution is 2.47. The molecule has 0 saturated heterocycles. The second kappa shape index (κ2) is 5.17. The van der Waals surface area contributed by atoms with E-state index >= 15 is 0 Å². The number of ketones is 1. The molecule has 0 aromatic carbocycles. The molecule has 0 radical (unpaired) electrons. The Kier molecular flexibility index (Phi) is 3.87. The number of hydrogen-bond acceptors (Lipinski definition) is 4. The number of carbonyl (C=O) groups excluding carboxylic acids is 2. The lowest BCUT2D eigenvalue weighted by Gasteiger charge is -2.47. The Morgan fingerprint density at radius 1 is 1.50 bits per heavy atom. The van der Waals surface area contributed by atoms with Crippen LogP contribution in [0.5, 0.6) is 0 Å². The van der Waals surface area contributed by atoms with Crippen LogP contribution in [-0.4, -0.2) is 28.6 Å². The van der Waals surface area contributed by atoms with E-state index in [1.807, 2.05) is 6.92 Å². The number of rotatable bonds is 2. The fourth-order valence-corrected chi connectivity index (χ4v) is 3.34. The summed E-state index contributed by atoms with van der Waals surface area (Å²) < 4.78 is 5.11. The number of hydrogen-bond donors (Lipinski definition) is 1. The van der Waals surface area contributed by atoms with Crippen LogP contribution in [0.2, 0.25) is 0 Å². The van der Waals surface area contributed by atoms with Crippen LogP contribution >= 0.6 is 0 Å². The Balaban J connectivity index is 2.33. The van der Waals surface area contributed by atoms with Crippen LogP contribution in [0, 0.1) is 11.8 Å². The Labute approximate surface area is 119 Å². The van der Waals surface area contributed by atoms with E-state index in [-0.39, 0.29) is 11.7 Å². The third-order valence-corrected chi connectivity index (χ3v) is 4.67. The number of carbonyl (C=O) groups is 2. The van der Waals surface area contributed by atoms with Gasteiger partial charge in [-0.1, -0.05) is 19.1 Å². The summed E-state index contributed by atoms with van der Waals surface area (Å²) in [6.45, 7) is 8.99. The largest absolute Gasteiger partial charge is 0.454 e. The van der Waals surface area contributed by atoms with Gasteiger partial charge in [0.1, 0.15) is 0 Å². The van der Waals surface area contributed by atoms with E-state index in [0.29, 0.717) is 12.8 Å². The Bertz CT molecular complexity index is 491. The molecule has 0 spiro atoms. The van der Waals surface area contributed by atoms with Crippen LogP contribution in [0.1, 0.15) is 40.0 Å². The zero-order chi connectivity index (χ0) is 15.1. The van der Waals surface area contributed by atoms with E-state index in [1.165, 1.54) is 13.0 Å². The molecule has 0 amide bonds. The molecule has 0 bridgehead atoms. The summed E-state index contributed by atoms with van der Waals surface area (Å²) in [5, 5.41) is 11.0. The van der Waals surface area contributed by atoms with Crippen molar-refractivity contribution in [1.29, 1.82) is 0 Å². The molecule has 2 aliphatic rings. The standard InChI is InChI=1S/C16H22O4/c1-9(2)12-5-6-13-7-14(18)15(20-11(4)17)10(3)16(13,19)8-12/h7,10,12,15,19H,1,5-6,8H2,2-4H3/t10-,12-,15-,16-/m1/s1. The normalized spacial score (nSPS) is 36.9. The molecule has 20 heavy (non-hydrogen) atoms. The highest BCUT2D eigenvalue weighted by Gasteiger charge is 2.51. The predicted octanol–water partition coefficient (Wildman–Crippen LogP) is 2.17. The minimum absolute atomic E-state index is 0.221. The van der Waals surface area contributed by atoms with Gasteiger partial charge in [-0.2, -0.15) is 0 Å². The Morgan fingerprint density at radius 2 is 2.15 bits per heavy atom. The van der Waals surface area contributed by atoms with Crippen LogP contribution in [-0.2, 0) is 14.3 Å². The lowest BCUT2D eigenvalue weighted by Crippen LogP contribution is -2.54.